The lowest BCUT2D eigenvalue weighted by atomic mass is 9.91. The highest BCUT2D eigenvalue weighted by atomic mass is 16.3. The van der Waals surface area contributed by atoms with Crippen molar-refractivity contribution in [3.63, 3.8) is 0 Å². The molecule has 0 aromatic heterocycles. The quantitative estimate of drug-likeness (QED) is 0.732. The molecule has 2 aliphatic heterocycles. The van der Waals surface area contributed by atoms with Crippen LogP contribution < -0.4 is 5.32 Å². The minimum atomic E-state index is -0.414. The van der Waals surface area contributed by atoms with Crippen LogP contribution in [0.15, 0.2) is 0 Å². The lowest BCUT2D eigenvalue weighted by Gasteiger charge is -2.37. The van der Waals surface area contributed by atoms with Crippen LogP contribution >= 0.6 is 0 Å². The number of nitrogens with zero attached hydrogens (tertiary/aromatic N) is 1. The summed E-state index contributed by atoms with van der Waals surface area (Å²) in [7, 11) is 0. The second kappa shape index (κ2) is 4.81. The standard InChI is InChI=1S/C12H24N2O/c1-2-11-4-3-9-14(11)10-12(15)5-7-13-8-6-12/h11,13,15H,2-10H2,1H3. The van der Waals surface area contributed by atoms with Crippen LogP contribution in [-0.2, 0) is 0 Å². The van der Waals surface area contributed by atoms with Crippen LogP contribution in [0.2, 0.25) is 0 Å². The summed E-state index contributed by atoms with van der Waals surface area (Å²) < 4.78 is 0. The highest BCUT2D eigenvalue weighted by Crippen LogP contribution is 2.26. The van der Waals surface area contributed by atoms with Crippen molar-refractivity contribution < 1.29 is 5.11 Å². The Balaban J connectivity index is 1.88. The first-order valence-corrected chi connectivity index (χ1v) is 6.41. The van der Waals surface area contributed by atoms with Gasteiger partial charge in [-0.3, -0.25) is 4.90 Å². The van der Waals surface area contributed by atoms with Crippen molar-refractivity contribution in [3.8, 4) is 0 Å². The van der Waals surface area contributed by atoms with Gasteiger partial charge < -0.3 is 10.4 Å². The van der Waals surface area contributed by atoms with Gasteiger partial charge in [-0.1, -0.05) is 6.92 Å². The first-order chi connectivity index (χ1) is 7.23. The Morgan fingerprint density at radius 2 is 2.13 bits per heavy atom. The second-order valence-corrected chi connectivity index (χ2v) is 5.15. The zero-order chi connectivity index (χ0) is 10.7. The summed E-state index contributed by atoms with van der Waals surface area (Å²) in [4.78, 5) is 2.51. The number of likely N-dealkylation sites (tertiary alicyclic amines) is 1. The number of rotatable bonds is 3. The van der Waals surface area contributed by atoms with E-state index in [4.69, 9.17) is 0 Å². The fourth-order valence-electron chi connectivity index (χ4n) is 2.99. The number of nitrogens with one attached hydrogen (secondary N) is 1. The number of aliphatic hydroxyl groups is 1. The lowest BCUT2D eigenvalue weighted by Crippen LogP contribution is -2.50. The van der Waals surface area contributed by atoms with Crippen LogP contribution in [0.25, 0.3) is 0 Å². The summed E-state index contributed by atoms with van der Waals surface area (Å²) in [6.45, 7) is 6.29. The summed E-state index contributed by atoms with van der Waals surface area (Å²) in [5.41, 5.74) is -0.414. The largest absolute Gasteiger partial charge is 0.388 e. The number of hydrogen-bond acceptors (Lipinski definition) is 3. The van der Waals surface area contributed by atoms with Gasteiger partial charge in [0.15, 0.2) is 0 Å². The predicted octanol–water partition coefficient (Wildman–Crippen LogP) is 0.975. The molecule has 0 amide bonds. The molecule has 1 atom stereocenters. The molecule has 88 valence electrons. The molecule has 15 heavy (non-hydrogen) atoms. The molecule has 0 radical (unpaired) electrons. The van der Waals surface area contributed by atoms with E-state index in [9.17, 15) is 5.11 Å². The molecule has 2 fully saturated rings. The summed E-state index contributed by atoms with van der Waals surface area (Å²) in [6, 6.07) is 0.726. The van der Waals surface area contributed by atoms with Gasteiger partial charge in [-0.05, 0) is 51.7 Å². The normalized spacial score (nSPS) is 32.0. The summed E-state index contributed by atoms with van der Waals surface area (Å²) in [6.07, 6.45) is 5.70. The molecule has 2 rings (SSSR count). The molecule has 0 saturated carbocycles. The molecule has 0 aromatic rings. The summed E-state index contributed by atoms with van der Waals surface area (Å²) >= 11 is 0. The molecule has 2 aliphatic rings. The van der Waals surface area contributed by atoms with Crippen molar-refractivity contribution in [1.29, 1.82) is 0 Å². The summed E-state index contributed by atoms with van der Waals surface area (Å²) in [5.74, 6) is 0. The first kappa shape index (κ1) is 11.4. The number of hydrogen-bond donors (Lipinski definition) is 2. The molecule has 3 heteroatoms. The molecule has 0 spiro atoms. The van der Waals surface area contributed by atoms with Crippen LogP contribution in [-0.4, -0.2) is 47.8 Å². The van der Waals surface area contributed by atoms with Crippen molar-refractivity contribution >= 4 is 0 Å². The van der Waals surface area contributed by atoms with E-state index < -0.39 is 5.60 Å². The molecule has 3 nitrogen and oxygen atoms in total. The Morgan fingerprint density at radius 1 is 1.40 bits per heavy atom. The van der Waals surface area contributed by atoms with Crippen molar-refractivity contribution in [1.82, 2.24) is 10.2 Å². The maximum absolute atomic E-state index is 10.5. The predicted molar refractivity (Wildman–Crippen MR) is 61.9 cm³/mol. The van der Waals surface area contributed by atoms with E-state index in [2.05, 4.69) is 17.1 Å². The number of β-amino-alcohol motifs (C(OH)–C–C–N with tert-alkyl or cyclic N) is 1. The van der Waals surface area contributed by atoms with Gasteiger partial charge in [0.25, 0.3) is 0 Å². The average Bonchev–Trinajstić information content (AvgIpc) is 2.65. The fraction of sp³-hybridized carbons (Fsp3) is 1.00. The molecule has 0 aromatic carbocycles. The van der Waals surface area contributed by atoms with Gasteiger partial charge in [0.2, 0.25) is 0 Å². The molecule has 2 N–H and O–H groups in total. The summed E-state index contributed by atoms with van der Waals surface area (Å²) in [5, 5.41) is 13.8. The van der Waals surface area contributed by atoms with E-state index in [0.29, 0.717) is 0 Å². The Morgan fingerprint density at radius 3 is 2.80 bits per heavy atom. The topological polar surface area (TPSA) is 35.5 Å². The molecule has 0 bridgehead atoms. The Labute approximate surface area is 92.8 Å². The second-order valence-electron chi connectivity index (χ2n) is 5.15. The molecular formula is C12H24N2O. The van der Waals surface area contributed by atoms with Crippen LogP contribution in [0.5, 0.6) is 0 Å². The van der Waals surface area contributed by atoms with Gasteiger partial charge in [0.05, 0.1) is 5.60 Å². The minimum Gasteiger partial charge on any atom is -0.388 e. The molecular weight excluding hydrogens is 188 g/mol. The van der Waals surface area contributed by atoms with E-state index in [1.165, 1.54) is 25.8 Å². The van der Waals surface area contributed by atoms with Crippen LogP contribution in [0.4, 0.5) is 0 Å². The fourth-order valence-corrected chi connectivity index (χ4v) is 2.99. The third kappa shape index (κ3) is 2.71. The van der Waals surface area contributed by atoms with Gasteiger partial charge in [0.1, 0.15) is 0 Å². The molecule has 2 saturated heterocycles. The zero-order valence-corrected chi connectivity index (χ0v) is 9.84. The molecule has 0 aliphatic carbocycles. The maximum atomic E-state index is 10.5. The van der Waals surface area contributed by atoms with Crippen molar-refractivity contribution in [2.45, 2.75) is 50.7 Å². The van der Waals surface area contributed by atoms with Crippen LogP contribution in [0.3, 0.4) is 0 Å². The Hall–Kier alpha value is -0.120. The lowest BCUT2D eigenvalue weighted by molar-refractivity contribution is -0.0240. The zero-order valence-electron chi connectivity index (χ0n) is 9.84. The number of piperidine rings is 1. The van der Waals surface area contributed by atoms with E-state index in [1.807, 2.05) is 0 Å². The van der Waals surface area contributed by atoms with E-state index in [1.54, 1.807) is 0 Å². The third-order valence-corrected chi connectivity index (χ3v) is 4.00. The van der Waals surface area contributed by atoms with E-state index in [-0.39, 0.29) is 0 Å². The van der Waals surface area contributed by atoms with Crippen molar-refractivity contribution in [2.75, 3.05) is 26.2 Å². The van der Waals surface area contributed by atoms with Gasteiger partial charge in [-0.25, -0.2) is 0 Å². The van der Waals surface area contributed by atoms with E-state index in [0.717, 1.165) is 38.5 Å². The van der Waals surface area contributed by atoms with Gasteiger partial charge in [-0.15, -0.1) is 0 Å². The van der Waals surface area contributed by atoms with Gasteiger partial charge in [-0.2, -0.15) is 0 Å². The maximum Gasteiger partial charge on any atom is 0.0798 e. The van der Waals surface area contributed by atoms with E-state index >= 15 is 0 Å². The van der Waals surface area contributed by atoms with Crippen LogP contribution in [0.1, 0.15) is 39.0 Å². The highest BCUT2D eigenvalue weighted by Gasteiger charge is 2.34. The average molecular weight is 212 g/mol. The SMILES string of the molecule is CCC1CCCN1CC1(O)CCNCC1. The minimum absolute atomic E-state index is 0.414. The van der Waals surface area contributed by atoms with Crippen molar-refractivity contribution in [2.24, 2.45) is 0 Å². The Kier molecular flexibility index (Phi) is 3.65. The van der Waals surface area contributed by atoms with Gasteiger partial charge in [0, 0.05) is 12.6 Å². The van der Waals surface area contributed by atoms with Gasteiger partial charge >= 0.3 is 0 Å². The van der Waals surface area contributed by atoms with Crippen molar-refractivity contribution in [3.05, 3.63) is 0 Å². The monoisotopic (exact) mass is 212 g/mol. The third-order valence-electron chi connectivity index (χ3n) is 4.00. The molecule has 2 heterocycles. The Bertz CT molecular complexity index is 202. The highest BCUT2D eigenvalue weighted by molar-refractivity contribution is 4.90. The van der Waals surface area contributed by atoms with Crippen LogP contribution in [0, 0.1) is 0 Å². The molecule has 1 unspecified atom stereocenters. The smallest absolute Gasteiger partial charge is 0.0798 e. The first-order valence-electron chi connectivity index (χ1n) is 6.41.